The number of ether oxygens (including phenoxy) is 2. The van der Waals surface area contributed by atoms with Crippen LogP contribution in [-0.2, 0) is 0 Å². The summed E-state index contributed by atoms with van der Waals surface area (Å²) in [6.45, 7) is -1.12. The van der Waals surface area contributed by atoms with Crippen LogP contribution in [-0.4, -0.2) is 29.5 Å². The van der Waals surface area contributed by atoms with Crippen LogP contribution in [0, 0.1) is 17.6 Å². The Morgan fingerprint density at radius 1 is 1.21 bits per heavy atom. The lowest BCUT2D eigenvalue weighted by atomic mass is 10.0. The summed E-state index contributed by atoms with van der Waals surface area (Å²) in [6, 6.07) is 5.44. The second kappa shape index (κ2) is 11.6. The minimum Gasteiger partial charge on any atom is -0.489 e. The first kappa shape index (κ1) is 27.7. The molecular weight excluding hydrogens is 528 g/mol. The Bertz CT molecular complexity index is 1300. The Morgan fingerprint density at radius 3 is 2.55 bits per heavy atom. The fourth-order valence-electron chi connectivity index (χ4n) is 3.84. The highest BCUT2D eigenvalue weighted by Gasteiger charge is 2.29. The summed E-state index contributed by atoms with van der Waals surface area (Å²) in [7, 11) is 0. The van der Waals surface area contributed by atoms with E-state index in [1.165, 1.54) is 24.3 Å². The lowest BCUT2D eigenvalue weighted by molar-refractivity contribution is -0.0515. The van der Waals surface area contributed by atoms with E-state index in [1.807, 2.05) is 0 Å². The van der Waals surface area contributed by atoms with Crippen molar-refractivity contribution in [1.82, 2.24) is 10.3 Å². The molecule has 3 aromatic rings. The number of nitrogens with two attached hydrogens (primary N) is 2. The van der Waals surface area contributed by atoms with Gasteiger partial charge in [-0.1, -0.05) is 6.07 Å². The molecule has 1 heterocycles. The summed E-state index contributed by atoms with van der Waals surface area (Å²) in [4.78, 5) is 16.4. The number of rotatable bonds is 12. The monoisotopic (exact) mass is 554 g/mol. The Hall–Kier alpha value is -3.29. The van der Waals surface area contributed by atoms with Crippen LogP contribution in [0.25, 0.3) is 11.5 Å². The molecule has 0 radical (unpaired) electrons. The number of aromatic nitrogens is 1. The molecule has 0 spiro atoms. The normalized spacial score (nSPS) is 15.8. The molecule has 13 heteroatoms. The molecule has 1 aliphatic carbocycles. The molecule has 0 unspecified atom stereocenters. The number of primary amides is 1. The number of amides is 1. The van der Waals surface area contributed by atoms with Crippen LogP contribution in [0.15, 0.2) is 40.8 Å². The molecule has 1 amide bonds. The molecule has 38 heavy (non-hydrogen) atoms. The van der Waals surface area contributed by atoms with E-state index in [1.54, 1.807) is 6.92 Å². The minimum absolute atomic E-state index is 0.0161. The van der Waals surface area contributed by atoms with E-state index in [0.717, 1.165) is 25.0 Å². The van der Waals surface area contributed by atoms with Crippen molar-refractivity contribution in [2.75, 3.05) is 6.61 Å². The lowest BCUT2D eigenvalue weighted by Gasteiger charge is -2.26. The van der Waals surface area contributed by atoms with E-state index in [9.17, 15) is 22.4 Å². The van der Waals surface area contributed by atoms with E-state index in [0.29, 0.717) is 18.1 Å². The van der Waals surface area contributed by atoms with Crippen LogP contribution in [0.2, 0.25) is 0 Å². The molecule has 1 aliphatic rings. The third-order valence-electron chi connectivity index (χ3n) is 5.93. The number of hydrogen-bond acceptors (Lipinski definition) is 8. The molecule has 2 aromatic carbocycles. The van der Waals surface area contributed by atoms with Crippen molar-refractivity contribution in [3.63, 3.8) is 0 Å². The highest BCUT2D eigenvalue weighted by Crippen LogP contribution is 2.37. The van der Waals surface area contributed by atoms with E-state index < -0.39 is 41.6 Å². The van der Waals surface area contributed by atoms with Crippen LogP contribution in [0.5, 0.6) is 11.5 Å². The molecule has 204 valence electrons. The maximum absolute atomic E-state index is 14.5. The Balaban J connectivity index is 1.65. The highest BCUT2D eigenvalue weighted by molar-refractivity contribution is 7.80. The summed E-state index contributed by atoms with van der Waals surface area (Å²) in [6.07, 6.45) is 1.97. The number of hydrogen-bond donors (Lipinski definition) is 4. The van der Waals surface area contributed by atoms with Crippen molar-refractivity contribution in [1.29, 1.82) is 0 Å². The smallest absolute Gasteiger partial charge is 0.387 e. The van der Waals surface area contributed by atoms with E-state index >= 15 is 0 Å². The van der Waals surface area contributed by atoms with Gasteiger partial charge in [0.15, 0.2) is 23.0 Å². The van der Waals surface area contributed by atoms with Crippen LogP contribution >= 0.6 is 12.6 Å². The average Bonchev–Trinajstić information content (AvgIpc) is 3.56. The van der Waals surface area contributed by atoms with Crippen molar-refractivity contribution in [3.05, 3.63) is 65.1 Å². The van der Waals surface area contributed by atoms with Gasteiger partial charge in [-0.3, -0.25) is 10.1 Å². The zero-order chi connectivity index (χ0) is 27.6. The molecule has 0 saturated heterocycles. The first-order chi connectivity index (χ1) is 18.0. The number of benzene rings is 2. The third kappa shape index (κ3) is 6.58. The van der Waals surface area contributed by atoms with E-state index in [2.05, 4.69) is 27.7 Å². The van der Waals surface area contributed by atoms with Gasteiger partial charge < -0.3 is 25.4 Å². The number of halogens is 4. The largest absolute Gasteiger partial charge is 0.489 e. The number of thiol groups is 1. The van der Waals surface area contributed by atoms with Crippen LogP contribution in [0.1, 0.15) is 53.7 Å². The predicted octanol–water partition coefficient (Wildman–Crippen LogP) is 4.72. The SMILES string of the molecule is C[C@H](N[C@@H](c1ccc(F)cc1F)[C@@H](N)S)c1oc(-c2ccc(OC(F)F)c(OCC3CC3)c2)nc1C(N)=O. The Morgan fingerprint density at radius 2 is 1.95 bits per heavy atom. The standard InChI is InChI=1S/C25H26F4N4O4S/c1-11(32-19(23(31)38)15-6-5-14(26)9-16(15)27)21-20(22(30)34)33-24(37-21)13-4-7-17(36-25(28)29)18(8-13)35-10-12-2-3-12/h4-9,11-12,19,23,25,32,38H,2-3,10,31H2,1H3,(H2,30,34)/t11-,19-,23-/m0/s1. The number of nitrogens with one attached hydrogen (secondary N) is 1. The van der Waals surface area contributed by atoms with Crippen LogP contribution in [0.3, 0.4) is 0 Å². The lowest BCUT2D eigenvalue weighted by Crippen LogP contribution is -2.37. The molecule has 3 atom stereocenters. The van der Waals surface area contributed by atoms with Gasteiger partial charge in [0, 0.05) is 17.2 Å². The molecule has 1 saturated carbocycles. The predicted molar refractivity (Wildman–Crippen MR) is 133 cm³/mol. The molecule has 4 rings (SSSR count). The Labute approximate surface area is 221 Å². The van der Waals surface area contributed by atoms with Gasteiger partial charge in [0.25, 0.3) is 5.91 Å². The van der Waals surface area contributed by atoms with Crippen molar-refractivity contribution in [2.24, 2.45) is 17.4 Å². The van der Waals surface area contributed by atoms with Crippen molar-refractivity contribution < 1.29 is 36.2 Å². The molecule has 1 fully saturated rings. The highest BCUT2D eigenvalue weighted by atomic mass is 32.1. The number of carbonyl (C=O) groups excluding carboxylic acids is 1. The molecule has 8 nitrogen and oxygen atoms in total. The Kier molecular flexibility index (Phi) is 8.48. The molecule has 1 aromatic heterocycles. The third-order valence-corrected chi connectivity index (χ3v) is 6.23. The zero-order valence-electron chi connectivity index (χ0n) is 20.2. The summed E-state index contributed by atoms with van der Waals surface area (Å²) in [5.74, 6) is -2.26. The van der Waals surface area contributed by atoms with Gasteiger partial charge in [-0.2, -0.15) is 21.4 Å². The molecular formula is C25H26F4N4O4S. The topological polar surface area (TPSA) is 126 Å². The number of alkyl halides is 2. The number of oxazole rings is 1. The minimum atomic E-state index is -3.05. The first-order valence-electron chi connectivity index (χ1n) is 11.7. The first-order valence-corrected chi connectivity index (χ1v) is 12.2. The second-order valence-electron chi connectivity index (χ2n) is 8.91. The fourth-order valence-corrected chi connectivity index (χ4v) is 4.08. The van der Waals surface area contributed by atoms with Gasteiger partial charge in [-0.15, -0.1) is 0 Å². The van der Waals surface area contributed by atoms with Crippen molar-refractivity contribution in [3.8, 4) is 23.0 Å². The second-order valence-corrected chi connectivity index (χ2v) is 9.51. The summed E-state index contributed by atoms with van der Waals surface area (Å²) >= 11 is 4.21. The molecule has 0 aliphatic heterocycles. The number of carbonyl (C=O) groups is 1. The summed E-state index contributed by atoms with van der Waals surface area (Å²) < 4.78 is 69.7. The van der Waals surface area contributed by atoms with Gasteiger partial charge >= 0.3 is 6.61 Å². The van der Waals surface area contributed by atoms with Gasteiger partial charge in [0.2, 0.25) is 5.89 Å². The van der Waals surface area contributed by atoms with E-state index in [-0.39, 0.29) is 34.4 Å². The van der Waals surface area contributed by atoms with Gasteiger partial charge in [0.1, 0.15) is 11.6 Å². The summed E-state index contributed by atoms with van der Waals surface area (Å²) in [5, 5.41) is 2.09. The average molecular weight is 555 g/mol. The molecule has 0 bridgehead atoms. The molecule has 5 N–H and O–H groups in total. The van der Waals surface area contributed by atoms with Crippen LogP contribution in [0.4, 0.5) is 17.6 Å². The van der Waals surface area contributed by atoms with E-state index in [4.69, 9.17) is 20.6 Å². The zero-order valence-corrected chi connectivity index (χ0v) is 21.1. The summed E-state index contributed by atoms with van der Waals surface area (Å²) in [5.41, 5.74) is 11.6. The van der Waals surface area contributed by atoms with Crippen molar-refractivity contribution in [2.45, 2.75) is 43.8 Å². The van der Waals surface area contributed by atoms with Gasteiger partial charge in [-0.05, 0) is 49.9 Å². The van der Waals surface area contributed by atoms with Crippen molar-refractivity contribution >= 4 is 18.5 Å². The van der Waals surface area contributed by atoms with Gasteiger partial charge in [-0.25, -0.2) is 13.8 Å². The van der Waals surface area contributed by atoms with Crippen LogP contribution < -0.4 is 26.3 Å². The van der Waals surface area contributed by atoms with Gasteiger partial charge in [0.05, 0.1) is 24.1 Å². The fraction of sp³-hybridized carbons (Fsp3) is 0.360. The number of nitrogens with zero attached hydrogens (tertiary/aromatic N) is 1. The maximum Gasteiger partial charge on any atom is 0.387 e. The maximum atomic E-state index is 14.5. The quantitative estimate of drug-likeness (QED) is 0.145.